The molecular formula is C19H27N3O4. The number of nitrogens with zero attached hydrogens (tertiary/aromatic N) is 2. The summed E-state index contributed by atoms with van der Waals surface area (Å²) in [7, 11) is 1.52. The lowest BCUT2D eigenvalue weighted by Crippen LogP contribution is -2.39. The van der Waals surface area contributed by atoms with Crippen molar-refractivity contribution in [2.75, 3.05) is 26.8 Å². The summed E-state index contributed by atoms with van der Waals surface area (Å²) in [6, 6.07) is 5.38. The van der Waals surface area contributed by atoms with E-state index in [1.807, 2.05) is 6.07 Å². The van der Waals surface area contributed by atoms with Gasteiger partial charge in [-0.1, -0.05) is 12.1 Å². The Morgan fingerprint density at radius 1 is 1.31 bits per heavy atom. The smallest absolute Gasteiger partial charge is 0.232 e. The van der Waals surface area contributed by atoms with Gasteiger partial charge in [-0.25, -0.2) is 9.97 Å². The highest BCUT2D eigenvalue weighted by molar-refractivity contribution is 5.78. The first-order valence-electron chi connectivity index (χ1n) is 9.11. The van der Waals surface area contributed by atoms with Gasteiger partial charge in [-0.15, -0.1) is 0 Å². The molecule has 0 bridgehead atoms. The molecule has 0 radical (unpaired) electrons. The lowest BCUT2D eigenvalue weighted by molar-refractivity contribution is -0.00624. The predicted molar refractivity (Wildman–Crippen MR) is 97.8 cm³/mol. The van der Waals surface area contributed by atoms with Crippen LogP contribution in [0.3, 0.4) is 0 Å². The number of piperidine rings is 1. The second-order valence-corrected chi connectivity index (χ2v) is 6.90. The molecule has 1 aromatic carbocycles. The molecule has 0 spiro atoms. The van der Waals surface area contributed by atoms with Crippen molar-refractivity contribution < 1.29 is 20.1 Å². The van der Waals surface area contributed by atoms with E-state index in [1.54, 1.807) is 12.1 Å². The van der Waals surface area contributed by atoms with E-state index in [-0.39, 0.29) is 12.5 Å². The molecule has 1 aliphatic rings. The number of aromatic nitrogens is 2. The number of hydrogen-bond acceptors (Lipinski definition) is 7. The average molecular weight is 361 g/mol. The van der Waals surface area contributed by atoms with E-state index in [1.165, 1.54) is 13.3 Å². The zero-order chi connectivity index (χ0) is 18.5. The Kier molecular flexibility index (Phi) is 6.37. The standard InChI is InChI=1S/C19H27N3O4/c1-26-17-11-21-15-4-2-3-14(18(15)22-17)19(25)16(24)9-12-5-7-20-10-13(12)6-8-23/h2-4,11-13,16,19-20,23-25H,5-10H2,1H3/t12-,13-,16+,19+/m0/s1. The van der Waals surface area contributed by atoms with Crippen molar-refractivity contribution in [3.63, 3.8) is 0 Å². The van der Waals surface area contributed by atoms with Gasteiger partial charge in [0.15, 0.2) is 0 Å². The average Bonchev–Trinajstić information content (AvgIpc) is 2.68. The van der Waals surface area contributed by atoms with E-state index in [2.05, 4.69) is 15.3 Å². The molecule has 0 saturated carbocycles. The normalized spacial score (nSPS) is 22.9. The van der Waals surface area contributed by atoms with Crippen LogP contribution in [0.15, 0.2) is 24.4 Å². The lowest BCUT2D eigenvalue weighted by Gasteiger charge is -2.34. The number of benzene rings is 1. The number of methoxy groups -OCH3 is 1. The van der Waals surface area contributed by atoms with E-state index in [9.17, 15) is 15.3 Å². The Bertz CT molecular complexity index is 725. The maximum Gasteiger partial charge on any atom is 0.232 e. The summed E-state index contributed by atoms with van der Waals surface area (Å²) in [6.45, 7) is 1.87. The third kappa shape index (κ3) is 4.12. The Hall–Kier alpha value is -1.80. The number of aliphatic hydroxyl groups excluding tert-OH is 3. The molecule has 1 aliphatic heterocycles. The van der Waals surface area contributed by atoms with Gasteiger partial charge in [0, 0.05) is 12.2 Å². The summed E-state index contributed by atoms with van der Waals surface area (Å²) >= 11 is 0. The first-order chi connectivity index (χ1) is 12.6. The van der Waals surface area contributed by atoms with Crippen molar-refractivity contribution in [1.82, 2.24) is 15.3 Å². The number of rotatable bonds is 7. The Morgan fingerprint density at radius 3 is 2.92 bits per heavy atom. The van der Waals surface area contributed by atoms with Crippen molar-refractivity contribution in [2.24, 2.45) is 11.8 Å². The molecule has 2 aromatic rings. The first-order valence-corrected chi connectivity index (χ1v) is 9.11. The Morgan fingerprint density at radius 2 is 2.15 bits per heavy atom. The third-order valence-electron chi connectivity index (χ3n) is 5.28. The third-order valence-corrected chi connectivity index (χ3v) is 5.28. The lowest BCUT2D eigenvalue weighted by atomic mass is 9.79. The van der Waals surface area contributed by atoms with Crippen LogP contribution in [-0.4, -0.2) is 58.2 Å². The molecule has 1 aromatic heterocycles. The van der Waals surface area contributed by atoms with Gasteiger partial charge in [-0.2, -0.15) is 0 Å². The maximum absolute atomic E-state index is 10.8. The quantitative estimate of drug-likeness (QED) is 0.583. The van der Waals surface area contributed by atoms with Crippen molar-refractivity contribution in [1.29, 1.82) is 0 Å². The van der Waals surface area contributed by atoms with Gasteiger partial charge in [0.05, 0.1) is 30.4 Å². The Balaban J connectivity index is 1.79. The minimum atomic E-state index is -1.05. The van der Waals surface area contributed by atoms with Gasteiger partial charge in [0.25, 0.3) is 0 Å². The molecule has 1 fully saturated rings. The summed E-state index contributed by atoms with van der Waals surface area (Å²) in [5.41, 5.74) is 1.74. The minimum absolute atomic E-state index is 0.139. The molecule has 7 nitrogen and oxygen atoms in total. The monoisotopic (exact) mass is 361 g/mol. The van der Waals surface area contributed by atoms with Crippen LogP contribution in [0.25, 0.3) is 11.0 Å². The second-order valence-electron chi connectivity index (χ2n) is 6.90. The van der Waals surface area contributed by atoms with Crippen molar-refractivity contribution in [3.05, 3.63) is 30.0 Å². The molecule has 7 heteroatoms. The highest BCUT2D eigenvalue weighted by atomic mass is 16.5. The molecule has 4 atom stereocenters. The Labute approximate surface area is 153 Å². The van der Waals surface area contributed by atoms with Gasteiger partial charge in [0.1, 0.15) is 6.10 Å². The fourth-order valence-electron chi connectivity index (χ4n) is 3.81. The molecule has 142 valence electrons. The molecule has 3 rings (SSSR count). The predicted octanol–water partition coefficient (Wildman–Crippen LogP) is 1.03. The van der Waals surface area contributed by atoms with Crippen LogP contribution in [0.5, 0.6) is 5.88 Å². The van der Waals surface area contributed by atoms with Crippen LogP contribution in [0.1, 0.15) is 30.9 Å². The van der Waals surface area contributed by atoms with Crippen LogP contribution in [-0.2, 0) is 0 Å². The number of hydrogen-bond donors (Lipinski definition) is 4. The van der Waals surface area contributed by atoms with E-state index < -0.39 is 12.2 Å². The van der Waals surface area contributed by atoms with Crippen LogP contribution < -0.4 is 10.1 Å². The van der Waals surface area contributed by atoms with E-state index in [0.29, 0.717) is 41.2 Å². The van der Waals surface area contributed by atoms with Crippen LogP contribution in [0.4, 0.5) is 0 Å². The van der Waals surface area contributed by atoms with Gasteiger partial charge >= 0.3 is 0 Å². The van der Waals surface area contributed by atoms with Crippen molar-refractivity contribution in [2.45, 2.75) is 31.5 Å². The number of nitrogens with one attached hydrogen (secondary N) is 1. The van der Waals surface area contributed by atoms with E-state index in [0.717, 1.165) is 19.5 Å². The van der Waals surface area contributed by atoms with Gasteiger partial charge in [-0.05, 0) is 50.3 Å². The maximum atomic E-state index is 10.8. The minimum Gasteiger partial charge on any atom is -0.480 e. The highest BCUT2D eigenvalue weighted by Gasteiger charge is 2.30. The summed E-state index contributed by atoms with van der Waals surface area (Å²) < 4.78 is 5.13. The molecule has 4 N–H and O–H groups in total. The summed E-state index contributed by atoms with van der Waals surface area (Å²) in [5, 5.41) is 34.0. The summed E-state index contributed by atoms with van der Waals surface area (Å²) in [6.07, 6.45) is 1.70. The molecule has 0 unspecified atom stereocenters. The fourth-order valence-corrected chi connectivity index (χ4v) is 3.81. The summed E-state index contributed by atoms with van der Waals surface area (Å²) in [4.78, 5) is 8.68. The molecule has 0 aliphatic carbocycles. The largest absolute Gasteiger partial charge is 0.480 e. The molecular weight excluding hydrogens is 334 g/mol. The zero-order valence-electron chi connectivity index (χ0n) is 15.0. The second kappa shape index (κ2) is 8.73. The SMILES string of the molecule is COc1cnc2cccc([C@@H](O)[C@H](O)C[C@@H]3CCNC[C@@H]3CCO)c2n1. The van der Waals surface area contributed by atoms with Crippen LogP contribution >= 0.6 is 0 Å². The van der Waals surface area contributed by atoms with Crippen LogP contribution in [0.2, 0.25) is 0 Å². The highest BCUT2D eigenvalue weighted by Crippen LogP contribution is 2.32. The molecule has 1 saturated heterocycles. The molecule has 2 heterocycles. The summed E-state index contributed by atoms with van der Waals surface area (Å²) in [5.74, 6) is 0.944. The zero-order valence-corrected chi connectivity index (χ0v) is 15.0. The fraction of sp³-hybridized carbons (Fsp3) is 0.579. The topological polar surface area (TPSA) is 108 Å². The van der Waals surface area contributed by atoms with Crippen molar-refractivity contribution in [3.8, 4) is 5.88 Å². The van der Waals surface area contributed by atoms with E-state index >= 15 is 0 Å². The van der Waals surface area contributed by atoms with Crippen molar-refractivity contribution >= 4 is 11.0 Å². The molecule has 26 heavy (non-hydrogen) atoms. The number of ether oxygens (including phenoxy) is 1. The van der Waals surface area contributed by atoms with Crippen LogP contribution in [0, 0.1) is 11.8 Å². The number of aliphatic hydroxyl groups is 3. The van der Waals surface area contributed by atoms with E-state index in [4.69, 9.17) is 4.74 Å². The molecule has 0 amide bonds. The van der Waals surface area contributed by atoms with Gasteiger partial charge in [0.2, 0.25) is 5.88 Å². The van der Waals surface area contributed by atoms with Gasteiger partial charge < -0.3 is 25.4 Å². The number of para-hydroxylation sites is 1. The first kappa shape index (κ1) is 19.0. The van der Waals surface area contributed by atoms with Gasteiger partial charge in [-0.3, -0.25) is 0 Å². The number of fused-ring (bicyclic) bond motifs is 1.